The second-order valence-corrected chi connectivity index (χ2v) is 5.49. The predicted molar refractivity (Wildman–Crippen MR) is 80.9 cm³/mol. The molecule has 0 aromatic carbocycles. The molecule has 0 aliphatic heterocycles. The van der Waals surface area contributed by atoms with Crippen LogP contribution >= 0.6 is 11.3 Å². The molecule has 0 spiro atoms. The Morgan fingerprint density at radius 3 is 3.10 bits per heavy atom. The summed E-state index contributed by atoms with van der Waals surface area (Å²) in [6.07, 6.45) is 3.04. The van der Waals surface area contributed by atoms with E-state index in [1.807, 2.05) is 27.3 Å². The van der Waals surface area contributed by atoms with E-state index in [1.54, 1.807) is 29.8 Å². The van der Waals surface area contributed by atoms with Crippen LogP contribution in [-0.2, 0) is 6.54 Å². The van der Waals surface area contributed by atoms with E-state index in [4.69, 9.17) is 5.26 Å². The molecule has 6 heteroatoms. The molecule has 106 valence electrons. The Morgan fingerprint density at radius 1 is 1.43 bits per heavy atom. The topological polar surface area (TPSA) is 73.3 Å². The first-order valence-corrected chi connectivity index (χ1v) is 7.49. The van der Waals surface area contributed by atoms with E-state index in [2.05, 4.69) is 16.4 Å². The van der Waals surface area contributed by atoms with Gasteiger partial charge in [0.25, 0.3) is 0 Å². The smallest absolute Gasteiger partial charge is 0.137 e. The molecule has 0 aliphatic rings. The molecule has 1 atom stereocenters. The number of thiophene rings is 1. The van der Waals surface area contributed by atoms with Crippen molar-refractivity contribution < 1.29 is 5.11 Å². The maximum atomic E-state index is 10.0. The van der Waals surface area contributed by atoms with Crippen molar-refractivity contribution in [3.63, 3.8) is 0 Å². The number of aromatic nitrogens is 2. The molecule has 0 fully saturated rings. The van der Waals surface area contributed by atoms with Crippen molar-refractivity contribution in [2.75, 3.05) is 6.54 Å². The minimum atomic E-state index is -0.509. The van der Waals surface area contributed by atoms with Gasteiger partial charge in [0.05, 0.1) is 23.6 Å². The largest absolute Gasteiger partial charge is 0.387 e. The number of nitrogens with zero attached hydrogens (tertiary/aromatic N) is 3. The minimum Gasteiger partial charge on any atom is -0.387 e. The molecule has 3 aromatic rings. The van der Waals surface area contributed by atoms with Gasteiger partial charge < -0.3 is 14.8 Å². The number of nitrogens with one attached hydrogen (secondary N) is 1. The van der Waals surface area contributed by atoms with Crippen LogP contribution in [0.5, 0.6) is 0 Å². The van der Waals surface area contributed by atoms with Crippen LogP contribution in [0.25, 0.3) is 5.65 Å². The number of fused-ring (bicyclic) bond motifs is 1. The van der Waals surface area contributed by atoms with Gasteiger partial charge in [-0.25, -0.2) is 4.98 Å². The van der Waals surface area contributed by atoms with Crippen molar-refractivity contribution in [3.8, 4) is 6.07 Å². The van der Waals surface area contributed by atoms with Crippen LogP contribution < -0.4 is 5.32 Å². The van der Waals surface area contributed by atoms with Gasteiger partial charge in [-0.05, 0) is 34.5 Å². The summed E-state index contributed by atoms with van der Waals surface area (Å²) in [6.45, 7) is 1.05. The van der Waals surface area contributed by atoms with Crippen molar-refractivity contribution in [2.45, 2.75) is 12.6 Å². The average Bonchev–Trinajstić information content (AvgIpc) is 3.16. The molecule has 0 bridgehead atoms. The Morgan fingerprint density at radius 2 is 2.33 bits per heavy atom. The molecule has 0 radical (unpaired) electrons. The molecule has 1 unspecified atom stereocenters. The van der Waals surface area contributed by atoms with Gasteiger partial charge in [-0.3, -0.25) is 0 Å². The lowest BCUT2D eigenvalue weighted by Crippen LogP contribution is -2.21. The van der Waals surface area contributed by atoms with Gasteiger partial charge in [-0.2, -0.15) is 16.6 Å². The van der Waals surface area contributed by atoms with Crippen LogP contribution in [0.15, 0.2) is 41.4 Å². The fraction of sp³-hybridized carbons (Fsp3) is 0.200. The predicted octanol–water partition coefficient (Wildman–Crippen LogP) is 2.09. The van der Waals surface area contributed by atoms with Crippen molar-refractivity contribution in [3.05, 3.63) is 58.2 Å². The van der Waals surface area contributed by atoms with E-state index in [1.165, 1.54) is 0 Å². The summed E-state index contributed by atoms with van der Waals surface area (Å²) in [5.74, 6) is 0. The van der Waals surface area contributed by atoms with E-state index in [-0.39, 0.29) is 0 Å². The van der Waals surface area contributed by atoms with E-state index >= 15 is 0 Å². The first kappa shape index (κ1) is 13.8. The Bertz CT molecular complexity index is 773. The van der Waals surface area contributed by atoms with Crippen LogP contribution in [-0.4, -0.2) is 21.0 Å². The Labute approximate surface area is 126 Å². The van der Waals surface area contributed by atoms with Gasteiger partial charge in [-0.1, -0.05) is 0 Å². The monoisotopic (exact) mass is 298 g/mol. The Hall–Kier alpha value is -2.20. The number of hydrogen-bond donors (Lipinski definition) is 2. The molecule has 0 saturated carbocycles. The highest BCUT2D eigenvalue weighted by Gasteiger charge is 2.08. The van der Waals surface area contributed by atoms with E-state index < -0.39 is 6.10 Å². The number of hydrogen-bond acceptors (Lipinski definition) is 5. The number of aliphatic hydroxyl groups excluding tert-OH is 1. The molecule has 3 heterocycles. The van der Waals surface area contributed by atoms with E-state index in [9.17, 15) is 5.11 Å². The molecule has 21 heavy (non-hydrogen) atoms. The van der Waals surface area contributed by atoms with Gasteiger partial charge in [0, 0.05) is 19.3 Å². The maximum Gasteiger partial charge on any atom is 0.137 e. The fourth-order valence-corrected chi connectivity index (χ4v) is 2.85. The zero-order valence-electron chi connectivity index (χ0n) is 11.2. The van der Waals surface area contributed by atoms with Crippen molar-refractivity contribution >= 4 is 17.0 Å². The third-order valence-electron chi connectivity index (χ3n) is 3.28. The zero-order valence-corrected chi connectivity index (χ0v) is 12.0. The quantitative estimate of drug-likeness (QED) is 0.756. The third kappa shape index (κ3) is 2.95. The number of imidazole rings is 1. The summed E-state index contributed by atoms with van der Waals surface area (Å²) in [5, 5.41) is 26.1. The van der Waals surface area contributed by atoms with Gasteiger partial charge in [0.15, 0.2) is 0 Å². The van der Waals surface area contributed by atoms with Crippen LogP contribution in [0.4, 0.5) is 0 Å². The molecule has 2 N–H and O–H groups in total. The number of nitriles is 1. The van der Waals surface area contributed by atoms with Crippen molar-refractivity contribution in [2.24, 2.45) is 0 Å². The van der Waals surface area contributed by atoms with Crippen LogP contribution in [0, 0.1) is 11.3 Å². The summed E-state index contributed by atoms with van der Waals surface area (Å²) in [7, 11) is 0. The summed E-state index contributed by atoms with van der Waals surface area (Å²) >= 11 is 1.57. The lowest BCUT2D eigenvalue weighted by atomic mass is 10.2. The molecule has 3 rings (SSSR count). The highest BCUT2D eigenvalue weighted by molar-refractivity contribution is 7.07. The summed E-state index contributed by atoms with van der Waals surface area (Å²) in [4.78, 5) is 4.29. The number of pyridine rings is 1. The second kappa shape index (κ2) is 6.06. The van der Waals surface area contributed by atoms with Gasteiger partial charge in [-0.15, -0.1) is 0 Å². The SMILES string of the molecule is N#Cc1ccc2ncc(CNCC(O)c3ccsc3)n2c1. The molecule has 3 aromatic heterocycles. The lowest BCUT2D eigenvalue weighted by molar-refractivity contribution is 0.174. The molecular weight excluding hydrogens is 284 g/mol. The molecule has 0 aliphatic carbocycles. The van der Waals surface area contributed by atoms with Crippen LogP contribution in [0.1, 0.15) is 22.9 Å². The highest BCUT2D eigenvalue weighted by Crippen LogP contribution is 2.15. The van der Waals surface area contributed by atoms with Crippen LogP contribution in [0.3, 0.4) is 0 Å². The standard InChI is InChI=1S/C15H14N4OS/c16-5-11-1-2-15-18-7-13(19(15)9-11)6-17-8-14(20)12-3-4-21-10-12/h1-4,7,9-10,14,17,20H,6,8H2. The van der Waals surface area contributed by atoms with Gasteiger partial charge in [0.1, 0.15) is 11.7 Å². The first-order valence-electron chi connectivity index (χ1n) is 6.55. The fourth-order valence-electron chi connectivity index (χ4n) is 2.15. The van der Waals surface area contributed by atoms with Crippen molar-refractivity contribution in [1.82, 2.24) is 14.7 Å². The maximum absolute atomic E-state index is 10.0. The van der Waals surface area contributed by atoms with Crippen LogP contribution in [0.2, 0.25) is 0 Å². The lowest BCUT2D eigenvalue weighted by Gasteiger charge is -2.10. The highest BCUT2D eigenvalue weighted by atomic mass is 32.1. The summed E-state index contributed by atoms with van der Waals surface area (Å²) in [5.41, 5.74) is 3.29. The number of aliphatic hydroxyl groups is 1. The van der Waals surface area contributed by atoms with E-state index in [0.717, 1.165) is 16.9 Å². The normalized spacial score (nSPS) is 12.4. The Kier molecular flexibility index (Phi) is 3.97. The molecular formula is C15H14N4OS. The minimum absolute atomic E-state index is 0.474. The van der Waals surface area contributed by atoms with Gasteiger partial charge >= 0.3 is 0 Å². The van der Waals surface area contributed by atoms with Crippen molar-refractivity contribution in [1.29, 1.82) is 5.26 Å². The van der Waals surface area contributed by atoms with E-state index in [0.29, 0.717) is 18.7 Å². The summed E-state index contributed by atoms with van der Waals surface area (Å²) in [6, 6.07) is 7.61. The first-order chi connectivity index (χ1) is 10.3. The number of rotatable bonds is 5. The Balaban J connectivity index is 1.67. The molecule has 5 nitrogen and oxygen atoms in total. The third-order valence-corrected chi connectivity index (χ3v) is 3.98. The summed E-state index contributed by atoms with van der Waals surface area (Å²) < 4.78 is 1.89. The molecule has 0 amide bonds. The van der Waals surface area contributed by atoms with Gasteiger partial charge in [0.2, 0.25) is 0 Å². The average molecular weight is 298 g/mol. The second-order valence-electron chi connectivity index (χ2n) is 4.71. The molecule has 0 saturated heterocycles. The zero-order chi connectivity index (χ0) is 14.7.